The molecule has 0 spiro atoms. The van der Waals surface area contributed by atoms with Crippen LogP contribution < -0.4 is 15.0 Å². The van der Waals surface area contributed by atoms with Crippen molar-refractivity contribution in [2.75, 3.05) is 38.7 Å². The van der Waals surface area contributed by atoms with Crippen LogP contribution in [0.5, 0.6) is 5.75 Å². The van der Waals surface area contributed by atoms with E-state index in [4.69, 9.17) is 4.74 Å². The highest BCUT2D eigenvalue weighted by Gasteiger charge is 2.24. The molecule has 4 heteroatoms. The minimum absolute atomic E-state index is 0.745. The number of benzene rings is 1. The molecule has 19 heavy (non-hydrogen) atoms. The first-order valence-corrected chi connectivity index (χ1v) is 7.51. The highest BCUT2D eigenvalue weighted by atomic mass is 79.9. The lowest BCUT2D eigenvalue weighted by Crippen LogP contribution is -2.47. The zero-order valence-corrected chi connectivity index (χ0v) is 14.0. The van der Waals surface area contributed by atoms with E-state index in [1.54, 1.807) is 7.11 Å². The second-order valence-corrected chi connectivity index (χ2v) is 6.27. The Morgan fingerprint density at radius 2 is 1.84 bits per heavy atom. The van der Waals surface area contributed by atoms with Gasteiger partial charge in [-0.15, -0.1) is 0 Å². The van der Waals surface area contributed by atoms with Crippen molar-refractivity contribution in [3.05, 3.63) is 21.2 Å². The van der Waals surface area contributed by atoms with Gasteiger partial charge in [0.2, 0.25) is 0 Å². The summed E-state index contributed by atoms with van der Waals surface area (Å²) in [6, 6.07) is 0. The summed E-state index contributed by atoms with van der Waals surface area (Å²) >= 11 is 3.72. The fourth-order valence-electron chi connectivity index (χ4n) is 2.73. The van der Waals surface area contributed by atoms with Crippen LogP contribution in [0.4, 0.5) is 5.69 Å². The summed E-state index contributed by atoms with van der Waals surface area (Å²) in [6.07, 6.45) is 0. The first-order valence-electron chi connectivity index (χ1n) is 6.72. The number of hydrogen-bond acceptors (Lipinski definition) is 3. The third-order valence-electron chi connectivity index (χ3n) is 4.12. The van der Waals surface area contributed by atoms with Crippen LogP contribution in [0.25, 0.3) is 0 Å². The van der Waals surface area contributed by atoms with Crippen molar-refractivity contribution < 1.29 is 4.74 Å². The first kappa shape index (κ1) is 14.7. The molecule has 2 rings (SSSR count). The smallest absolute Gasteiger partial charge is 0.145 e. The van der Waals surface area contributed by atoms with Gasteiger partial charge in [-0.05, 0) is 37.5 Å². The number of anilines is 1. The SMILES string of the molecule is COc1c(C)c(C)c(Br)c(C)c1N(C)CC1CNC1. The van der Waals surface area contributed by atoms with Crippen molar-refractivity contribution >= 4 is 21.6 Å². The van der Waals surface area contributed by atoms with Crippen LogP contribution in [0, 0.1) is 26.7 Å². The summed E-state index contributed by atoms with van der Waals surface area (Å²) in [5.41, 5.74) is 4.95. The Balaban J connectivity index is 2.41. The molecule has 0 radical (unpaired) electrons. The largest absolute Gasteiger partial charge is 0.494 e. The number of rotatable bonds is 4. The first-order chi connectivity index (χ1) is 8.97. The van der Waals surface area contributed by atoms with Gasteiger partial charge in [0.25, 0.3) is 0 Å². The van der Waals surface area contributed by atoms with Gasteiger partial charge < -0.3 is 15.0 Å². The minimum Gasteiger partial charge on any atom is -0.494 e. The van der Waals surface area contributed by atoms with E-state index >= 15 is 0 Å². The van der Waals surface area contributed by atoms with Gasteiger partial charge in [0.05, 0.1) is 12.8 Å². The highest BCUT2D eigenvalue weighted by molar-refractivity contribution is 9.10. The normalized spacial score (nSPS) is 15.3. The summed E-state index contributed by atoms with van der Waals surface area (Å²) in [5.74, 6) is 1.75. The van der Waals surface area contributed by atoms with Gasteiger partial charge in [-0.25, -0.2) is 0 Å². The van der Waals surface area contributed by atoms with E-state index in [2.05, 4.69) is 54.0 Å². The van der Waals surface area contributed by atoms with E-state index in [0.29, 0.717) is 0 Å². The van der Waals surface area contributed by atoms with E-state index in [9.17, 15) is 0 Å². The maximum Gasteiger partial charge on any atom is 0.145 e. The van der Waals surface area contributed by atoms with Crippen LogP contribution >= 0.6 is 15.9 Å². The van der Waals surface area contributed by atoms with Crippen molar-refractivity contribution in [2.45, 2.75) is 20.8 Å². The molecule has 0 aliphatic carbocycles. The van der Waals surface area contributed by atoms with Crippen LogP contribution in [0.1, 0.15) is 16.7 Å². The predicted molar refractivity (Wildman–Crippen MR) is 84.5 cm³/mol. The molecule has 0 bridgehead atoms. The zero-order valence-electron chi connectivity index (χ0n) is 12.4. The van der Waals surface area contributed by atoms with E-state index in [1.165, 1.54) is 26.9 Å². The van der Waals surface area contributed by atoms with Crippen LogP contribution in [0.2, 0.25) is 0 Å². The van der Waals surface area contributed by atoms with Gasteiger partial charge in [-0.2, -0.15) is 0 Å². The fraction of sp³-hybridized carbons (Fsp3) is 0.600. The van der Waals surface area contributed by atoms with Crippen molar-refractivity contribution in [3.8, 4) is 5.75 Å². The molecule has 106 valence electrons. The molecule has 1 heterocycles. The summed E-state index contributed by atoms with van der Waals surface area (Å²) in [7, 11) is 3.92. The predicted octanol–water partition coefficient (Wildman–Crippen LogP) is 3.04. The Morgan fingerprint density at radius 1 is 1.21 bits per heavy atom. The Bertz CT molecular complexity index is 484. The maximum absolute atomic E-state index is 5.67. The molecule has 1 aliphatic rings. The molecule has 1 aromatic rings. The van der Waals surface area contributed by atoms with E-state index in [1.807, 2.05) is 0 Å². The maximum atomic E-state index is 5.67. The van der Waals surface area contributed by atoms with Gasteiger partial charge in [0, 0.05) is 37.1 Å². The molecule has 1 aromatic carbocycles. The molecule has 1 aliphatic heterocycles. The van der Waals surface area contributed by atoms with E-state index in [-0.39, 0.29) is 0 Å². The molecule has 3 nitrogen and oxygen atoms in total. The lowest BCUT2D eigenvalue weighted by molar-refractivity contribution is 0.350. The number of ether oxygens (including phenoxy) is 1. The summed E-state index contributed by atoms with van der Waals surface area (Å²) in [6.45, 7) is 9.73. The van der Waals surface area contributed by atoms with E-state index < -0.39 is 0 Å². The second-order valence-electron chi connectivity index (χ2n) is 5.48. The van der Waals surface area contributed by atoms with Crippen LogP contribution in [0.15, 0.2) is 4.47 Å². The summed E-state index contributed by atoms with van der Waals surface area (Å²) in [5, 5.41) is 3.33. The molecule has 0 unspecified atom stereocenters. The standard InChI is InChI=1S/C15H23BrN2O/c1-9-10(2)15(19-5)14(11(3)13(9)16)18(4)8-12-6-17-7-12/h12,17H,6-8H2,1-5H3. The average molecular weight is 327 g/mol. The Labute approximate surface area is 124 Å². The molecular weight excluding hydrogens is 304 g/mol. The Morgan fingerprint density at radius 3 is 2.32 bits per heavy atom. The molecule has 0 aromatic heterocycles. The minimum atomic E-state index is 0.745. The zero-order chi connectivity index (χ0) is 14.2. The molecule has 0 saturated carbocycles. The van der Waals surface area contributed by atoms with Crippen molar-refractivity contribution in [1.82, 2.24) is 5.32 Å². The number of nitrogens with zero attached hydrogens (tertiary/aromatic N) is 1. The number of nitrogens with one attached hydrogen (secondary N) is 1. The fourth-order valence-corrected chi connectivity index (χ4v) is 3.22. The van der Waals surface area contributed by atoms with Gasteiger partial charge in [-0.1, -0.05) is 15.9 Å². The Kier molecular flexibility index (Phi) is 4.41. The Hall–Kier alpha value is -0.740. The third-order valence-corrected chi connectivity index (χ3v) is 5.31. The van der Waals surface area contributed by atoms with Gasteiger partial charge >= 0.3 is 0 Å². The third kappa shape index (κ3) is 2.61. The van der Waals surface area contributed by atoms with Crippen molar-refractivity contribution in [3.63, 3.8) is 0 Å². The highest BCUT2D eigenvalue weighted by Crippen LogP contribution is 2.41. The lowest BCUT2D eigenvalue weighted by Gasteiger charge is -2.34. The molecule has 1 fully saturated rings. The quantitative estimate of drug-likeness (QED) is 0.920. The number of methoxy groups -OCH3 is 1. The topological polar surface area (TPSA) is 24.5 Å². The van der Waals surface area contributed by atoms with Gasteiger partial charge in [0.15, 0.2) is 0 Å². The summed E-state index contributed by atoms with van der Waals surface area (Å²) in [4.78, 5) is 2.33. The molecule has 1 N–H and O–H groups in total. The van der Waals surface area contributed by atoms with Gasteiger partial charge in [0.1, 0.15) is 5.75 Å². The molecule has 0 atom stereocenters. The number of halogens is 1. The van der Waals surface area contributed by atoms with Crippen LogP contribution in [0.3, 0.4) is 0 Å². The monoisotopic (exact) mass is 326 g/mol. The van der Waals surface area contributed by atoms with Crippen LogP contribution in [-0.2, 0) is 0 Å². The van der Waals surface area contributed by atoms with Crippen molar-refractivity contribution in [2.24, 2.45) is 5.92 Å². The average Bonchev–Trinajstić information content (AvgIpc) is 2.35. The number of hydrogen-bond donors (Lipinski definition) is 1. The van der Waals surface area contributed by atoms with Crippen molar-refractivity contribution in [1.29, 1.82) is 0 Å². The summed E-state index contributed by atoms with van der Waals surface area (Å²) < 4.78 is 6.86. The van der Waals surface area contributed by atoms with E-state index in [0.717, 1.165) is 31.3 Å². The molecule has 1 saturated heterocycles. The molecule has 0 amide bonds. The lowest BCUT2D eigenvalue weighted by atomic mass is 9.99. The van der Waals surface area contributed by atoms with Crippen LogP contribution in [-0.4, -0.2) is 33.8 Å². The molecular formula is C15H23BrN2O. The second kappa shape index (κ2) is 5.71. The van der Waals surface area contributed by atoms with Gasteiger partial charge in [-0.3, -0.25) is 0 Å².